The lowest BCUT2D eigenvalue weighted by molar-refractivity contribution is 0.550. The summed E-state index contributed by atoms with van der Waals surface area (Å²) in [5, 5.41) is 6.23. The predicted molar refractivity (Wildman–Crippen MR) is 84.2 cm³/mol. The molecule has 1 N–H and O–H groups in total. The minimum absolute atomic E-state index is 0.655. The second-order valence-corrected chi connectivity index (χ2v) is 7.30. The fourth-order valence-corrected chi connectivity index (χ4v) is 3.60. The molecule has 102 valence electrons. The Morgan fingerprint density at radius 2 is 2.26 bits per heavy atom. The zero-order valence-corrected chi connectivity index (χ0v) is 13.4. The molecule has 0 aliphatic rings. The number of hydrogen-bond acceptors (Lipinski definition) is 4. The van der Waals surface area contributed by atoms with Crippen molar-refractivity contribution in [1.82, 2.24) is 10.3 Å². The summed E-state index contributed by atoms with van der Waals surface area (Å²) < 4.78 is 1.05. The number of hydrogen-bond donors (Lipinski definition) is 1. The van der Waals surface area contributed by atoms with Crippen molar-refractivity contribution < 1.29 is 0 Å². The van der Waals surface area contributed by atoms with Crippen LogP contribution >= 0.6 is 34.7 Å². The maximum atomic E-state index is 6.09. The summed E-state index contributed by atoms with van der Waals surface area (Å²) >= 11 is 9.42. The molecule has 0 saturated heterocycles. The van der Waals surface area contributed by atoms with Crippen LogP contribution in [-0.4, -0.2) is 11.5 Å². The van der Waals surface area contributed by atoms with E-state index >= 15 is 0 Å². The highest BCUT2D eigenvalue weighted by atomic mass is 35.5. The molecule has 1 aromatic carbocycles. The predicted octanol–water partition coefficient (Wildman–Crippen LogP) is 4.69. The maximum absolute atomic E-state index is 6.09. The van der Waals surface area contributed by atoms with Crippen molar-refractivity contribution in [2.24, 2.45) is 5.92 Å². The quantitative estimate of drug-likeness (QED) is 0.837. The Balaban J connectivity index is 2.09. The average molecular weight is 313 g/mol. The van der Waals surface area contributed by atoms with Gasteiger partial charge in [-0.2, -0.15) is 0 Å². The van der Waals surface area contributed by atoms with Crippen molar-refractivity contribution in [3.63, 3.8) is 0 Å². The number of benzene rings is 1. The first-order chi connectivity index (χ1) is 9.15. The van der Waals surface area contributed by atoms with E-state index < -0.39 is 0 Å². The molecule has 5 heteroatoms. The number of halogens is 1. The highest BCUT2D eigenvalue weighted by molar-refractivity contribution is 8.01. The molecule has 0 saturated carbocycles. The number of thiazole rings is 1. The van der Waals surface area contributed by atoms with E-state index in [-0.39, 0.29) is 0 Å². The van der Waals surface area contributed by atoms with Crippen LogP contribution in [0.3, 0.4) is 0 Å². The van der Waals surface area contributed by atoms with Crippen molar-refractivity contribution in [2.75, 3.05) is 6.54 Å². The highest BCUT2D eigenvalue weighted by Gasteiger charge is 2.07. The molecule has 0 aliphatic carbocycles. The lowest BCUT2D eigenvalue weighted by Gasteiger charge is -2.11. The number of nitrogens with one attached hydrogen (secondary N) is 1. The Hall–Kier alpha value is -0.550. The third kappa shape index (κ3) is 4.80. The molecule has 0 atom stereocenters. The molecular formula is C14H17ClN2S2. The summed E-state index contributed by atoms with van der Waals surface area (Å²) in [6.07, 6.45) is 1.83. The normalized spacial score (nSPS) is 11.2. The molecule has 2 nitrogen and oxygen atoms in total. The summed E-state index contributed by atoms with van der Waals surface area (Å²) in [4.78, 5) is 5.49. The van der Waals surface area contributed by atoms with Gasteiger partial charge < -0.3 is 5.32 Å². The van der Waals surface area contributed by atoms with Crippen molar-refractivity contribution >= 4 is 34.7 Å². The van der Waals surface area contributed by atoms with Crippen molar-refractivity contribution in [3.8, 4) is 0 Å². The van der Waals surface area contributed by atoms with Gasteiger partial charge in [-0.3, -0.25) is 0 Å². The molecule has 0 fully saturated rings. The average Bonchev–Trinajstić information content (AvgIpc) is 2.84. The van der Waals surface area contributed by atoms with E-state index in [1.165, 1.54) is 10.5 Å². The van der Waals surface area contributed by atoms with Crippen LogP contribution in [0.2, 0.25) is 5.02 Å². The fraction of sp³-hybridized carbons (Fsp3) is 0.357. The van der Waals surface area contributed by atoms with Crippen LogP contribution in [-0.2, 0) is 6.54 Å². The first-order valence-electron chi connectivity index (χ1n) is 6.21. The van der Waals surface area contributed by atoms with Gasteiger partial charge >= 0.3 is 0 Å². The van der Waals surface area contributed by atoms with Gasteiger partial charge in [0, 0.05) is 28.0 Å². The molecule has 1 aromatic heterocycles. The van der Waals surface area contributed by atoms with E-state index in [2.05, 4.69) is 30.2 Å². The molecule has 19 heavy (non-hydrogen) atoms. The van der Waals surface area contributed by atoms with E-state index in [0.29, 0.717) is 5.92 Å². The van der Waals surface area contributed by atoms with E-state index in [0.717, 1.165) is 22.5 Å². The van der Waals surface area contributed by atoms with Gasteiger partial charge in [0.05, 0.1) is 0 Å². The summed E-state index contributed by atoms with van der Waals surface area (Å²) in [6, 6.07) is 6.05. The van der Waals surface area contributed by atoms with Gasteiger partial charge in [-0.15, -0.1) is 11.3 Å². The van der Waals surface area contributed by atoms with Gasteiger partial charge in [-0.05, 0) is 30.2 Å². The van der Waals surface area contributed by atoms with Crippen LogP contribution in [0, 0.1) is 5.92 Å². The van der Waals surface area contributed by atoms with Crippen LogP contribution < -0.4 is 5.32 Å². The molecule has 2 rings (SSSR count). The molecular weight excluding hydrogens is 296 g/mol. The topological polar surface area (TPSA) is 24.9 Å². The van der Waals surface area contributed by atoms with E-state index in [1.807, 2.05) is 23.7 Å². The standard InChI is InChI=1S/C14H17ClN2S2/c1-10(2)8-16-9-11-3-4-12(15)7-13(11)19-14-17-5-6-18-14/h3-7,10,16H,8-9H2,1-2H3. The molecule has 0 unspecified atom stereocenters. The number of aromatic nitrogens is 1. The Kier molecular flexibility index (Phi) is 5.70. The summed E-state index contributed by atoms with van der Waals surface area (Å²) in [5.41, 5.74) is 1.27. The van der Waals surface area contributed by atoms with Gasteiger partial charge in [-0.25, -0.2) is 4.98 Å². The lowest BCUT2D eigenvalue weighted by Crippen LogP contribution is -2.19. The summed E-state index contributed by atoms with van der Waals surface area (Å²) in [6.45, 7) is 6.30. The second kappa shape index (κ2) is 7.29. The maximum Gasteiger partial charge on any atom is 0.154 e. The zero-order valence-electron chi connectivity index (χ0n) is 11.0. The summed E-state index contributed by atoms with van der Waals surface area (Å²) in [5.74, 6) is 0.655. The van der Waals surface area contributed by atoms with Crippen LogP contribution in [0.25, 0.3) is 0 Å². The molecule has 0 radical (unpaired) electrons. The molecule has 0 amide bonds. The monoisotopic (exact) mass is 312 g/mol. The Morgan fingerprint density at radius 3 is 2.95 bits per heavy atom. The molecule has 0 bridgehead atoms. The zero-order chi connectivity index (χ0) is 13.7. The van der Waals surface area contributed by atoms with Crippen LogP contribution in [0.5, 0.6) is 0 Å². The van der Waals surface area contributed by atoms with Gasteiger partial charge in [0.1, 0.15) is 0 Å². The van der Waals surface area contributed by atoms with E-state index in [9.17, 15) is 0 Å². The van der Waals surface area contributed by atoms with E-state index in [4.69, 9.17) is 11.6 Å². The third-order valence-electron chi connectivity index (χ3n) is 2.50. The van der Waals surface area contributed by atoms with Gasteiger partial charge in [-0.1, -0.05) is 43.3 Å². The lowest BCUT2D eigenvalue weighted by atomic mass is 10.2. The number of nitrogens with zero attached hydrogens (tertiary/aromatic N) is 1. The Bertz CT molecular complexity index is 512. The Labute approximate surface area is 127 Å². The van der Waals surface area contributed by atoms with Crippen molar-refractivity contribution in [3.05, 3.63) is 40.4 Å². The highest BCUT2D eigenvalue weighted by Crippen LogP contribution is 2.33. The molecule has 0 aliphatic heterocycles. The fourth-order valence-electron chi connectivity index (χ4n) is 1.62. The van der Waals surface area contributed by atoms with Crippen LogP contribution in [0.15, 0.2) is 39.0 Å². The van der Waals surface area contributed by atoms with Crippen LogP contribution in [0.4, 0.5) is 0 Å². The van der Waals surface area contributed by atoms with Crippen LogP contribution in [0.1, 0.15) is 19.4 Å². The minimum atomic E-state index is 0.655. The van der Waals surface area contributed by atoms with Gasteiger partial charge in [0.2, 0.25) is 0 Å². The Morgan fingerprint density at radius 1 is 1.42 bits per heavy atom. The minimum Gasteiger partial charge on any atom is -0.312 e. The first kappa shape index (κ1) is 14.9. The molecule has 1 heterocycles. The number of rotatable bonds is 6. The smallest absolute Gasteiger partial charge is 0.154 e. The third-order valence-corrected chi connectivity index (χ3v) is 4.72. The first-order valence-corrected chi connectivity index (χ1v) is 8.29. The molecule has 0 spiro atoms. The van der Waals surface area contributed by atoms with Crippen molar-refractivity contribution in [1.29, 1.82) is 0 Å². The van der Waals surface area contributed by atoms with Crippen molar-refractivity contribution in [2.45, 2.75) is 29.6 Å². The van der Waals surface area contributed by atoms with E-state index in [1.54, 1.807) is 23.1 Å². The van der Waals surface area contributed by atoms with Gasteiger partial charge in [0.25, 0.3) is 0 Å². The largest absolute Gasteiger partial charge is 0.312 e. The molecule has 2 aromatic rings. The van der Waals surface area contributed by atoms with Gasteiger partial charge in [0.15, 0.2) is 4.34 Å². The second-order valence-electron chi connectivity index (χ2n) is 4.68. The summed E-state index contributed by atoms with van der Waals surface area (Å²) in [7, 11) is 0. The SMILES string of the molecule is CC(C)CNCc1ccc(Cl)cc1Sc1nccs1.